The number of aromatic nitrogens is 2. The van der Waals surface area contributed by atoms with Crippen LogP contribution in [0.5, 0.6) is 0 Å². The van der Waals surface area contributed by atoms with Gasteiger partial charge in [0.1, 0.15) is 5.82 Å². The molecular formula is C12H14N2. The van der Waals surface area contributed by atoms with Crippen LogP contribution in [0, 0.1) is 0 Å². The van der Waals surface area contributed by atoms with Crippen LogP contribution in [0.15, 0.2) is 42.9 Å². The molecular weight excluding hydrogens is 172 g/mol. The number of hydrogen-bond acceptors (Lipinski definition) is 1. The maximum absolute atomic E-state index is 4.33. The number of pyridine rings is 1. The summed E-state index contributed by atoms with van der Waals surface area (Å²) in [6, 6.07) is 8.20. The van der Waals surface area contributed by atoms with E-state index < -0.39 is 0 Å². The first kappa shape index (κ1) is 9.00. The standard InChI is InChI=1S/C12H14N2/c1-10(2)11-5-6-13-12(9-11)14-7-3-4-8-14/h3-10H,1-2H3. The van der Waals surface area contributed by atoms with E-state index in [-0.39, 0.29) is 0 Å². The number of nitrogens with zero attached hydrogens (tertiary/aromatic N) is 2. The topological polar surface area (TPSA) is 17.8 Å². The Hall–Kier alpha value is -1.57. The van der Waals surface area contributed by atoms with Gasteiger partial charge in [-0.1, -0.05) is 13.8 Å². The average molecular weight is 186 g/mol. The van der Waals surface area contributed by atoms with E-state index in [2.05, 4.69) is 31.0 Å². The van der Waals surface area contributed by atoms with Crippen LogP contribution < -0.4 is 0 Å². The van der Waals surface area contributed by atoms with Crippen molar-refractivity contribution in [1.82, 2.24) is 9.55 Å². The van der Waals surface area contributed by atoms with E-state index >= 15 is 0 Å². The molecule has 2 heterocycles. The van der Waals surface area contributed by atoms with Gasteiger partial charge in [0.15, 0.2) is 0 Å². The molecule has 0 aliphatic rings. The van der Waals surface area contributed by atoms with Gasteiger partial charge in [-0.25, -0.2) is 4.98 Å². The quantitative estimate of drug-likeness (QED) is 0.705. The van der Waals surface area contributed by atoms with Crippen molar-refractivity contribution in [3.05, 3.63) is 48.4 Å². The molecule has 72 valence electrons. The minimum absolute atomic E-state index is 0.548. The first-order valence-electron chi connectivity index (χ1n) is 4.86. The molecule has 0 radical (unpaired) electrons. The molecule has 0 amide bonds. The summed E-state index contributed by atoms with van der Waals surface area (Å²) in [6.07, 6.45) is 5.88. The lowest BCUT2D eigenvalue weighted by Crippen LogP contribution is -1.96. The molecule has 2 nitrogen and oxygen atoms in total. The molecule has 0 spiro atoms. The summed E-state index contributed by atoms with van der Waals surface area (Å²) >= 11 is 0. The summed E-state index contributed by atoms with van der Waals surface area (Å²) in [5, 5.41) is 0. The Kier molecular flexibility index (Phi) is 2.35. The fraction of sp³-hybridized carbons (Fsp3) is 0.250. The molecule has 14 heavy (non-hydrogen) atoms. The van der Waals surface area contributed by atoms with Crippen molar-refractivity contribution in [2.24, 2.45) is 0 Å². The minimum Gasteiger partial charge on any atom is -0.309 e. The second-order valence-corrected chi connectivity index (χ2v) is 3.69. The highest BCUT2D eigenvalue weighted by atomic mass is 15.0. The van der Waals surface area contributed by atoms with Crippen LogP contribution in [0.1, 0.15) is 25.3 Å². The van der Waals surface area contributed by atoms with Gasteiger partial charge >= 0.3 is 0 Å². The van der Waals surface area contributed by atoms with Crippen LogP contribution in [-0.4, -0.2) is 9.55 Å². The van der Waals surface area contributed by atoms with E-state index in [0.717, 1.165) is 5.82 Å². The van der Waals surface area contributed by atoms with Gasteiger partial charge in [-0.2, -0.15) is 0 Å². The van der Waals surface area contributed by atoms with Crippen LogP contribution in [-0.2, 0) is 0 Å². The molecule has 2 heteroatoms. The van der Waals surface area contributed by atoms with Crippen LogP contribution in [0.3, 0.4) is 0 Å². The summed E-state index contributed by atoms with van der Waals surface area (Å²) < 4.78 is 2.02. The van der Waals surface area contributed by atoms with Gasteiger partial charge in [0, 0.05) is 18.6 Å². The molecule has 0 atom stereocenters. The molecule has 2 aromatic rings. The predicted octanol–water partition coefficient (Wildman–Crippen LogP) is 3.00. The smallest absolute Gasteiger partial charge is 0.136 e. The second-order valence-electron chi connectivity index (χ2n) is 3.69. The van der Waals surface area contributed by atoms with Crippen molar-refractivity contribution in [2.45, 2.75) is 19.8 Å². The fourth-order valence-electron chi connectivity index (χ4n) is 1.42. The molecule has 0 bridgehead atoms. The lowest BCUT2D eigenvalue weighted by molar-refractivity contribution is 0.855. The highest BCUT2D eigenvalue weighted by molar-refractivity contribution is 5.30. The summed E-state index contributed by atoms with van der Waals surface area (Å²) in [6.45, 7) is 4.38. The Morgan fingerprint density at radius 1 is 1.21 bits per heavy atom. The third-order valence-corrected chi connectivity index (χ3v) is 2.31. The first-order valence-corrected chi connectivity index (χ1v) is 4.86. The maximum Gasteiger partial charge on any atom is 0.136 e. The molecule has 0 saturated heterocycles. The Morgan fingerprint density at radius 2 is 1.93 bits per heavy atom. The van der Waals surface area contributed by atoms with Crippen molar-refractivity contribution >= 4 is 0 Å². The van der Waals surface area contributed by atoms with E-state index in [1.165, 1.54) is 5.56 Å². The molecule has 2 aromatic heterocycles. The summed E-state index contributed by atoms with van der Waals surface area (Å²) in [5.74, 6) is 1.54. The van der Waals surface area contributed by atoms with Crippen molar-refractivity contribution in [1.29, 1.82) is 0 Å². The summed E-state index contributed by atoms with van der Waals surface area (Å²) in [4.78, 5) is 4.33. The lowest BCUT2D eigenvalue weighted by atomic mass is 10.1. The zero-order valence-corrected chi connectivity index (χ0v) is 8.51. The lowest BCUT2D eigenvalue weighted by Gasteiger charge is -2.07. The highest BCUT2D eigenvalue weighted by Gasteiger charge is 2.01. The molecule has 0 N–H and O–H groups in total. The summed E-state index contributed by atoms with van der Waals surface area (Å²) in [7, 11) is 0. The van der Waals surface area contributed by atoms with Crippen molar-refractivity contribution < 1.29 is 0 Å². The Labute approximate surface area is 84.2 Å². The van der Waals surface area contributed by atoms with Gasteiger partial charge in [0.05, 0.1) is 0 Å². The predicted molar refractivity (Wildman–Crippen MR) is 57.7 cm³/mol. The van der Waals surface area contributed by atoms with E-state index in [9.17, 15) is 0 Å². The van der Waals surface area contributed by atoms with E-state index in [1.54, 1.807) is 0 Å². The average Bonchev–Trinajstić information content (AvgIpc) is 2.71. The van der Waals surface area contributed by atoms with Crippen LogP contribution in [0.25, 0.3) is 5.82 Å². The number of hydrogen-bond donors (Lipinski definition) is 0. The molecule has 0 aromatic carbocycles. The zero-order chi connectivity index (χ0) is 9.97. The monoisotopic (exact) mass is 186 g/mol. The van der Waals surface area contributed by atoms with Crippen molar-refractivity contribution in [2.75, 3.05) is 0 Å². The van der Waals surface area contributed by atoms with Crippen LogP contribution in [0.2, 0.25) is 0 Å². The van der Waals surface area contributed by atoms with E-state index in [0.29, 0.717) is 5.92 Å². The molecule has 0 fully saturated rings. The van der Waals surface area contributed by atoms with Gasteiger partial charge in [0.2, 0.25) is 0 Å². The van der Waals surface area contributed by atoms with Crippen LogP contribution >= 0.6 is 0 Å². The number of rotatable bonds is 2. The Balaban J connectivity index is 2.41. The zero-order valence-electron chi connectivity index (χ0n) is 8.51. The minimum atomic E-state index is 0.548. The Bertz CT molecular complexity index is 402. The Morgan fingerprint density at radius 3 is 2.57 bits per heavy atom. The SMILES string of the molecule is CC(C)c1ccnc(-n2cccc2)c1. The van der Waals surface area contributed by atoms with Gasteiger partial charge < -0.3 is 4.57 Å². The third kappa shape index (κ3) is 1.69. The molecule has 0 saturated carbocycles. The van der Waals surface area contributed by atoms with Gasteiger partial charge in [-0.05, 0) is 35.7 Å². The largest absolute Gasteiger partial charge is 0.309 e. The van der Waals surface area contributed by atoms with Gasteiger partial charge in [-0.3, -0.25) is 0 Å². The van der Waals surface area contributed by atoms with Crippen LogP contribution in [0.4, 0.5) is 0 Å². The first-order chi connectivity index (χ1) is 6.77. The van der Waals surface area contributed by atoms with Gasteiger partial charge in [0.25, 0.3) is 0 Å². The summed E-state index contributed by atoms with van der Waals surface area (Å²) in [5.41, 5.74) is 1.32. The second kappa shape index (κ2) is 3.66. The normalized spacial score (nSPS) is 10.8. The van der Waals surface area contributed by atoms with Crippen molar-refractivity contribution in [3.8, 4) is 5.82 Å². The maximum atomic E-state index is 4.33. The van der Waals surface area contributed by atoms with Gasteiger partial charge in [-0.15, -0.1) is 0 Å². The fourth-order valence-corrected chi connectivity index (χ4v) is 1.42. The third-order valence-electron chi connectivity index (χ3n) is 2.31. The van der Waals surface area contributed by atoms with E-state index in [1.807, 2.05) is 35.3 Å². The highest BCUT2D eigenvalue weighted by Crippen LogP contribution is 2.15. The molecule has 0 aliphatic heterocycles. The molecule has 0 unspecified atom stereocenters. The molecule has 0 aliphatic carbocycles. The van der Waals surface area contributed by atoms with E-state index in [4.69, 9.17) is 0 Å². The van der Waals surface area contributed by atoms with Crippen molar-refractivity contribution in [3.63, 3.8) is 0 Å². The molecule has 2 rings (SSSR count).